The van der Waals surface area contributed by atoms with Crippen molar-refractivity contribution < 1.29 is 0 Å². The summed E-state index contributed by atoms with van der Waals surface area (Å²) in [6.45, 7) is 3.18. The number of hydrogen-bond donors (Lipinski definition) is 0. The van der Waals surface area contributed by atoms with Gasteiger partial charge in [-0.25, -0.2) is 4.98 Å². The maximum Gasteiger partial charge on any atom is 0.137 e. The summed E-state index contributed by atoms with van der Waals surface area (Å²) in [5, 5.41) is 6.47. The number of hydrogen-bond acceptors (Lipinski definition) is 4. The van der Waals surface area contributed by atoms with Gasteiger partial charge < -0.3 is 0 Å². The average molecular weight is 341 g/mol. The summed E-state index contributed by atoms with van der Waals surface area (Å²) in [5.41, 5.74) is 1.40. The minimum Gasteiger partial charge on any atom is -0.294 e. The van der Waals surface area contributed by atoms with Crippen molar-refractivity contribution in [1.29, 1.82) is 0 Å². The molecule has 3 rings (SSSR count). The largest absolute Gasteiger partial charge is 0.294 e. The molecule has 1 saturated heterocycles. The summed E-state index contributed by atoms with van der Waals surface area (Å²) in [4.78, 5) is 6.61. The number of halogens is 1. The van der Waals surface area contributed by atoms with Crippen molar-refractivity contribution in [2.45, 2.75) is 38.4 Å². The van der Waals surface area contributed by atoms with Gasteiger partial charge in [0.1, 0.15) is 12.7 Å². The Morgan fingerprint density at radius 2 is 2.37 bits per heavy atom. The van der Waals surface area contributed by atoms with E-state index in [1.807, 2.05) is 11.0 Å². The van der Waals surface area contributed by atoms with Gasteiger partial charge in [-0.2, -0.15) is 5.10 Å². The normalized spacial score (nSPS) is 20.8. The van der Waals surface area contributed by atoms with Crippen LogP contribution in [-0.4, -0.2) is 32.3 Å². The number of thiophene rings is 1. The Bertz CT molecular complexity index is 510. The van der Waals surface area contributed by atoms with Crippen LogP contribution in [0.25, 0.3) is 0 Å². The van der Waals surface area contributed by atoms with Crippen LogP contribution in [0.4, 0.5) is 0 Å². The summed E-state index contributed by atoms with van der Waals surface area (Å²) in [5.74, 6) is 0. The molecule has 0 saturated carbocycles. The maximum atomic E-state index is 4.23. The monoisotopic (exact) mass is 340 g/mol. The molecule has 0 unspecified atom stereocenters. The Morgan fingerprint density at radius 1 is 1.42 bits per heavy atom. The second-order valence-electron chi connectivity index (χ2n) is 5.00. The van der Waals surface area contributed by atoms with E-state index in [1.165, 1.54) is 35.2 Å². The van der Waals surface area contributed by atoms with E-state index >= 15 is 0 Å². The molecule has 0 aromatic carbocycles. The zero-order valence-electron chi connectivity index (χ0n) is 10.7. The summed E-state index contributed by atoms with van der Waals surface area (Å²) in [6, 6.07) is 2.81. The molecule has 2 aromatic rings. The Labute approximate surface area is 125 Å². The van der Waals surface area contributed by atoms with Crippen molar-refractivity contribution in [2.24, 2.45) is 0 Å². The van der Waals surface area contributed by atoms with E-state index in [-0.39, 0.29) is 0 Å². The minimum absolute atomic E-state index is 0.578. The van der Waals surface area contributed by atoms with Crippen molar-refractivity contribution in [3.05, 3.63) is 33.5 Å². The van der Waals surface area contributed by atoms with Crippen molar-refractivity contribution in [1.82, 2.24) is 19.7 Å². The minimum atomic E-state index is 0.578. The quantitative estimate of drug-likeness (QED) is 0.857. The predicted molar refractivity (Wildman–Crippen MR) is 80.1 cm³/mol. The molecule has 3 heterocycles. The summed E-state index contributed by atoms with van der Waals surface area (Å²) >= 11 is 5.30. The number of aromatic nitrogens is 3. The molecule has 0 spiro atoms. The fourth-order valence-corrected chi connectivity index (χ4v) is 3.88. The van der Waals surface area contributed by atoms with Crippen LogP contribution in [0.1, 0.15) is 24.8 Å². The molecule has 0 aliphatic carbocycles. The first-order valence-electron chi connectivity index (χ1n) is 6.60. The lowest BCUT2D eigenvalue weighted by Crippen LogP contribution is -2.41. The first-order chi connectivity index (χ1) is 9.31. The highest BCUT2D eigenvalue weighted by molar-refractivity contribution is 9.11. The number of nitrogens with zero attached hydrogens (tertiary/aromatic N) is 4. The molecule has 0 radical (unpaired) electrons. The van der Waals surface area contributed by atoms with Crippen LogP contribution in [0.2, 0.25) is 0 Å². The molecule has 1 atom stereocenters. The van der Waals surface area contributed by atoms with Crippen LogP contribution >= 0.6 is 27.3 Å². The molecule has 1 aliphatic heterocycles. The van der Waals surface area contributed by atoms with Gasteiger partial charge in [0.25, 0.3) is 0 Å². The standard InChI is InChI=1S/C13H17BrN4S/c14-13-5-11(8-19-13)6-17-4-2-1-3-12(17)7-18-10-15-9-16-18/h5,8-10,12H,1-4,6-7H2/t12-/m0/s1. The lowest BCUT2D eigenvalue weighted by atomic mass is 10.0. The van der Waals surface area contributed by atoms with E-state index < -0.39 is 0 Å². The Morgan fingerprint density at radius 3 is 3.11 bits per heavy atom. The topological polar surface area (TPSA) is 34.0 Å². The third kappa shape index (κ3) is 3.43. The van der Waals surface area contributed by atoms with Gasteiger partial charge in [-0.05, 0) is 52.3 Å². The lowest BCUT2D eigenvalue weighted by molar-refractivity contribution is 0.122. The molecule has 1 fully saturated rings. The smallest absolute Gasteiger partial charge is 0.137 e. The van der Waals surface area contributed by atoms with Gasteiger partial charge >= 0.3 is 0 Å². The van der Waals surface area contributed by atoms with Crippen molar-refractivity contribution >= 4 is 27.3 Å². The zero-order valence-corrected chi connectivity index (χ0v) is 13.1. The number of rotatable bonds is 4. The van der Waals surface area contributed by atoms with Gasteiger partial charge in [-0.1, -0.05) is 6.42 Å². The number of likely N-dealkylation sites (tertiary alicyclic amines) is 1. The van der Waals surface area contributed by atoms with Crippen LogP contribution in [0, 0.1) is 0 Å². The average Bonchev–Trinajstić information content (AvgIpc) is 3.04. The SMILES string of the molecule is Brc1cc(CN2CCCC[C@H]2Cn2cncn2)cs1. The molecule has 0 N–H and O–H groups in total. The van der Waals surface area contributed by atoms with E-state index in [9.17, 15) is 0 Å². The molecule has 1 aliphatic rings. The van der Waals surface area contributed by atoms with E-state index in [2.05, 4.69) is 42.4 Å². The van der Waals surface area contributed by atoms with E-state index in [1.54, 1.807) is 17.7 Å². The lowest BCUT2D eigenvalue weighted by Gasteiger charge is -2.35. The molecule has 0 bridgehead atoms. The highest BCUT2D eigenvalue weighted by Crippen LogP contribution is 2.25. The van der Waals surface area contributed by atoms with Crippen LogP contribution in [0.3, 0.4) is 0 Å². The van der Waals surface area contributed by atoms with Crippen molar-refractivity contribution in [3.63, 3.8) is 0 Å². The van der Waals surface area contributed by atoms with Crippen LogP contribution in [-0.2, 0) is 13.1 Å². The second-order valence-corrected chi connectivity index (χ2v) is 7.29. The highest BCUT2D eigenvalue weighted by Gasteiger charge is 2.23. The fourth-order valence-electron chi connectivity index (χ4n) is 2.68. The first-order valence-corrected chi connectivity index (χ1v) is 8.28. The van der Waals surface area contributed by atoms with Gasteiger partial charge in [0.15, 0.2) is 0 Å². The van der Waals surface area contributed by atoms with E-state index in [0.717, 1.165) is 13.1 Å². The molecule has 2 aromatic heterocycles. The highest BCUT2D eigenvalue weighted by atomic mass is 79.9. The Hall–Kier alpha value is -0.720. The van der Waals surface area contributed by atoms with Gasteiger partial charge in [0.2, 0.25) is 0 Å². The third-order valence-corrected chi connectivity index (χ3v) is 5.17. The Kier molecular flexibility index (Phi) is 4.30. The molecule has 102 valence electrons. The molecule has 4 nitrogen and oxygen atoms in total. The zero-order chi connectivity index (χ0) is 13.1. The predicted octanol–water partition coefficient (Wildman–Crippen LogP) is 3.16. The van der Waals surface area contributed by atoms with E-state index in [4.69, 9.17) is 0 Å². The van der Waals surface area contributed by atoms with Gasteiger partial charge in [-0.3, -0.25) is 9.58 Å². The maximum absolute atomic E-state index is 4.23. The molecular formula is C13H17BrN4S. The van der Waals surface area contributed by atoms with Crippen LogP contribution < -0.4 is 0 Å². The third-order valence-electron chi connectivity index (χ3n) is 3.62. The van der Waals surface area contributed by atoms with Gasteiger partial charge in [0.05, 0.1) is 10.3 Å². The molecule has 19 heavy (non-hydrogen) atoms. The second kappa shape index (κ2) is 6.15. The van der Waals surface area contributed by atoms with Gasteiger partial charge in [-0.15, -0.1) is 11.3 Å². The summed E-state index contributed by atoms with van der Waals surface area (Å²) in [7, 11) is 0. The fraction of sp³-hybridized carbons (Fsp3) is 0.538. The van der Waals surface area contributed by atoms with E-state index in [0.29, 0.717) is 6.04 Å². The molecular weight excluding hydrogens is 324 g/mol. The molecule has 0 amide bonds. The summed E-state index contributed by atoms with van der Waals surface area (Å²) < 4.78 is 3.17. The first kappa shape index (κ1) is 13.3. The van der Waals surface area contributed by atoms with Crippen molar-refractivity contribution in [3.8, 4) is 0 Å². The van der Waals surface area contributed by atoms with Crippen LogP contribution in [0.5, 0.6) is 0 Å². The molecule has 6 heteroatoms. The van der Waals surface area contributed by atoms with Crippen LogP contribution in [0.15, 0.2) is 27.9 Å². The Balaban J connectivity index is 1.66. The number of piperidine rings is 1. The van der Waals surface area contributed by atoms with Gasteiger partial charge in [0, 0.05) is 12.6 Å². The summed E-state index contributed by atoms with van der Waals surface area (Å²) in [6.07, 6.45) is 7.31. The van der Waals surface area contributed by atoms with Crippen molar-refractivity contribution in [2.75, 3.05) is 6.54 Å².